The molecule has 2 fully saturated rings. The van der Waals surface area contributed by atoms with E-state index in [2.05, 4.69) is 4.99 Å². The van der Waals surface area contributed by atoms with E-state index in [4.69, 9.17) is 18.9 Å². The molecule has 2 atom stereocenters. The molecule has 244 valence electrons. The molecule has 2 saturated heterocycles. The van der Waals surface area contributed by atoms with Crippen molar-refractivity contribution in [1.29, 1.82) is 0 Å². The van der Waals surface area contributed by atoms with E-state index >= 15 is 0 Å². The largest absolute Gasteiger partial charge is 0.493 e. The van der Waals surface area contributed by atoms with Crippen LogP contribution in [0.3, 0.4) is 0 Å². The van der Waals surface area contributed by atoms with E-state index in [1.54, 1.807) is 36.3 Å². The molecule has 47 heavy (non-hydrogen) atoms. The van der Waals surface area contributed by atoms with Crippen molar-refractivity contribution in [2.24, 2.45) is 4.99 Å². The van der Waals surface area contributed by atoms with Crippen molar-refractivity contribution in [1.82, 2.24) is 9.80 Å². The van der Waals surface area contributed by atoms with Crippen molar-refractivity contribution in [3.8, 4) is 23.0 Å². The SMILES string of the molecule is COc1cc2c(cc1OCc1cccc(COc3cc4c(cc3OC)C(=O)N3CCCC3CN4C(=O)O)c1)N=C[C@@H]1CCCN1C2=O. The number of ether oxygens (including phenoxy) is 4. The third-order valence-electron chi connectivity index (χ3n) is 9.30. The molecule has 4 aliphatic rings. The molecule has 12 nitrogen and oxygen atoms in total. The van der Waals surface area contributed by atoms with Crippen molar-refractivity contribution in [2.75, 3.05) is 38.8 Å². The average molecular weight is 641 g/mol. The molecule has 3 aromatic carbocycles. The second kappa shape index (κ2) is 12.5. The highest BCUT2D eigenvalue weighted by Crippen LogP contribution is 2.41. The van der Waals surface area contributed by atoms with Gasteiger partial charge in [-0.25, -0.2) is 4.79 Å². The van der Waals surface area contributed by atoms with E-state index in [1.807, 2.05) is 35.4 Å². The van der Waals surface area contributed by atoms with E-state index < -0.39 is 6.09 Å². The molecule has 4 heterocycles. The summed E-state index contributed by atoms with van der Waals surface area (Å²) in [6, 6.07) is 14.1. The van der Waals surface area contributed by atoms with Crippen LogP contribution in [0.5, 0.6) is 23.0 Å². The summed E-state index contributed by atoms with van der Waals surface area (Å²) >= 11 is 0. The van der Waals surface area contributed by atoms with Gasteiger partial charge in [-0.05, 0) is 55.0 Å². The number of nitrogens with zero attached hydrogens (tertiary/aromatic N) is 4. The van der Waals surface area contributed by atoms with Gasteiger partial charge in [-0.15, -0.1) is 0 Å². The molecule has 0 spiro atoms. The third-order valence-corrected chi connectivity index (χ3v) is 9.30. The van der Waals surface area contributed by atoms with Gasteiger partial charge >= 0.3 is 6.09 Å². The minimum Gasteiger partial charge on any atom is -0.493 e. The first-order chi connectivity index (χ1) is 22.8. The lowest BCUT2D eigenvalue weighted by Crippen LogP contribution is -2.41. The summed E-state index contributed by atoms with van der Waals surface area (Å²) in [6.07, 6.45) is 4.19. The lowest BCUT2D eigenvalue weighted by atomic mass is 10.1. The maximum Gasteiger partial charge on any atom is 0.411 e. The van der Waals surface area contributed by atoms with Crippen LogP contribution in [0, 0.1) is 0 Å². The van der Waals surface area contributed by atoms with Crippen LogP contribution >= 0.6 is 0 Å². The minimum atomic E-state index is -1.12. The van der Waals surface area contributed by atoms with E-state index in [0.29, 0.717) is 47.3 Å². The molecule has 1 unspecified atom stereocenters. The lowest BCUT2D eigenvalue weighted by Gasteiger charge is -2.24. The number of hydrogen-bond donors (Lipinski definition) is 1. The Morgan fingerprint density at radius 3 is 2.17 bits per heavy atom. The maximum absolute atomic E-state index is 13.4. The van der Waals surface area contributed by atoms with Gasteiger partial charge in [-0.1, -0.05) is 18.2 Å². The maximum atomic E-state index is 13.4. The summed E-state index contributed by atoms with van der Waals surface area (Å²) in [7, 11) is 3.03. The number of fused-ring (bicyclic) bond motifs is 4. The number of carboxylic acid groups (broad SMARTS) is 1. The minimum absolute atomic E-state index is 0.0114. The topological polar surface area (TPSA) is 130 Å². The van der Waals surface area contributed by atoms with Crippen molar-refractivity contribution in [2.45, 2.75) is 51.0 Å². The second-order valence-corrected chi connectivity index (χ2v) is 12.1. The summed E-state index contributed by atoms with van der Waals surface area (Å²) in [5.41, 5.74) is 3.35. The van der Waals surface area contributed by atoms with Gasteiger partial charge in [-0.2, -0.15) is 0 Å². The van der Waals surface area contributed by atoms with Gasteiger partial charge in [0.25, 0.3) is 11.8 Å². The van der Waals surface area contributed by atoms with Crippen LogP contribution in [0.1, 0.15) is 57.5 Å². The van der Waals surface area contributed by atoms with Crippen LogP contribution in [0.4, 0.5) is 16.2 Å². The molecule has 7 rings (SSSR count). The number of carbonyl (C=O) groups excluding carboxylic acids is 2. The van der Waals surface area contributed by atoms with Crippen LogP contribution in [0.15, 0.2) is 53.5 Å². The Labute approximate surface area is 272 Å². The Morgan fingerprint density at radius 1 is 0.830 bits per heavy atom. The quantitative estimate of drug-likeness (QED) is 0.352. The molecule has 3 amide bonds. The molecule has 4 aliphatic heterocycles. The first-order valence-corrected chi connectivity index (χ1v) is 15.8. The number of amides is 3. The van der Waals surface area contributed by atoms with Gasteiger partial charge in [0.1, 0.15) is 13.2 Å². The van der Waals surface area contributed by atoms with Gasteiger partial charge < -0.3 is 33.9 Å². The van der Waals surface area contributed by atoms with Crippen LogP contribution in [-0.2, 0) is 13.2 Å². The fraction of sp³-hybridized carbons (Fsp3) is 0.371. The van der Waals surface area contributed by atoms with Gasteiger partial charge in [-0.3, -0.25) is 19.5 Å². The van der Waals surface area contributed by atoms with Crippen molar-refractivity contribution < 1.29 is 38.4 Å². The van der Waals surface area contributed by atoms with Crippen molar-refractivity contribution >= 4 is 35.5 Å². The zero-order valence-corrected chi connectivity index (χ0v) is 26.3. The first kappa shape index (κ1) is 30.4. The van der Waals surface area contributed by atoms with E-state index in [9.17, 15) is 19.5 Å². The van der Waals surface area contributed by atoms with Crippen LogP contribution < -0.4 is 23.8 Å². The Kier molecular flexibility index (Phi) is 8.09. The number of benzene rings is 3. The number of rotatable bonds is 8. The molecule has 3 aromatic rings. The Bertz CT molecular complexity index is 1770. The average Bonchev–Trinajstić information content (AvgIpc) is 3.72. The zero-order valence-electron chi connectivity index (χ0n) is 26.3. The molecule has 0 saturated carbocycles. The molecule has 0 aromatic heterocycles. The third kappa shape index (κ3) is 5.68. The molecule has 12 heteroatoms. The van der Waals surface area contributed by atoms with Crippen LogP contribution in [0.2, 0.25) is 0 Å². The Hall–Kier alpha value is -5.26. The molecule has 0 radical (unpaired) electrons. The summed E-state index contributed by atoms with van der Waals surface area (Å²) in [5, 5.41) is 10.0. The molecule has 0 aliphatic carbocycles. The number of carbonyl (C=O) groups is 3. The normalized spacial score (nSPS) is 19.7. The molecular weight excluding hydrogens is 604 g/mol. The number of aliphatic imine (C=N–C) groups is 1. The molecule has 1 N–H and O–H groups in total. The van der Waals surface area contributed by atoms with E-state index in [1.165, 1.54) is 12.0 Å². The summed E-state index contributed by atoms with van der Waals surface area (Å²) in [4.78, 5) is 48.3. The summed E-state index contributed by atoms with van der Waals surface area (Å²) < 4.78 is 23.5. The smallest absolute Gasteiger partial charge is 0.411 e. The van der Waals surface area contributed by atoms with E-state index in [0.717, 1.165) is 36.8 Å². The Morgan fingerprint density at radius 2 is 1.47 bits per heavy atom. The monoisotopic (exact) mass is 640 g/mol. The lowest BCUT2D eigenvalue weighted by molar-refractivity contribution is 0.0745. The van der Waals surface area contributed by atoms with Crippen molar-refractivity contribution in [3.63, 3.8) is 0 Å². The zero-order chi connectivity index (χ0) is 32.7. The molecule has 0 bridgehead atoms. The van der Waals surface area contributed by atoms with E-state index in [-0.39, 0.29) is 54.9 Å². The summed E-state index contributed by atoms with van der Waals surface area (Å²) in [6.45, 7) is 1.91. The summed E-state index contributed by atoms with van der Waals surface area (Å²) in [5.74, 6) is 1.36. The Balaban J connectivity index is 1.08. The number of anilines is 1. The molecular formula is C35H36N4O8. The highest BCUT2D eigenvalue weighted by atomic mass is 16.5. The van der Waals surface area contributed by atoms with Gasteiger partial charge in [0.2, 0.25) is 0 Å². The second-order valence-electron chi connectivity index (χ2n) is 12.1. The van der Waals surface area contributed by atoms with Crippen LogP contribution in [0.25, 0.3) is 0 Å². The predicted octanol–water partition coefficient (Wildman–Crippen LogP) is 5.28. The standard InChI is InChI=1S/C35H36N4O8/c1-44-29-13-25-27(36-17-23-8-4-10-37(23)33(25)40)15-31(29)46-19-21-6-3-7-22(12-21)20-47-32-16-28-26(14-30(32)45-2)34(41)38-11-5-9-24(38)18-39(28)35(42)43/h3,6-7,12-17,23-24H,4-5,8-11,18-20H2,1-2H3,(H,42,43)/t23-,24?/m0/s1. The predicted molar refractivity (Wildman–Crippen MR) is 173 cm³/mol. The van der Waals surface area contributed by atoms with Crippen LogP contribution in [-0.4, -0.2) is 85.0 Å². The number of methoxy groups -OCH3 is 2. The fourth-order valence-corrected chi connectivity index (χ4v) is 6.91. The highest BCUT2D eigenvalue weighted by Gasteiger charge is 2.39. The number of hydrogen-bond acceptors (Lipinski definition) is 8. The van der Waals surface area contributed by atoms with Gasteiger partial charge in [0, 0.05) is 38.0 Å². The van der Waals surface area contributed by atoms with Gasteiger partial charge in [0.15, 0.2) is 23.0 Å². The fourth-order valence-electron chi connectivity index (χ4n) is 6.91. The first-order valence-electron chi connectivity index (χ1n) is 15.8. The highest BCUT2D eigenvalue weighted by molar-refractivity contribution is 6.05. The van der Waals surface area contributed by atoms with Crippen molar-refractivity contribution in [3.05, 3.63) is 70.8 Å². The van der Waals surface area contributed by atoms with Gasteiger partial charge in [0.05, 0.1) is 48.8 Å².